The number of hydrogen-bond acceptors (Lipinski definition) is 12. The van der Waals surface area contributed by atoms with Crippen LogP contribution in [0.25, 0.3) is 11.1 Å². The number of carboxylic acids is 1. The molecule has 0 aliphatic carbocycles. The number of carbonyl (C=O) groups excluding carboxylic acids is 4. The van der Waals surface area contributed by atoms with Crippen LogP contribution in [0.1, 0.15) is 95.3 Å². The molecule has 364 valence electrons. The third-order valence-electron chi connectivity index (χ3n) is 13.2. The second kappa shape index (κ2) is 21.5. The molecule has 0 saturated carbocycles. The van der Waals surface area contributed by atoms with Crippen molar-refractivity contribution in [2.24, 2.45) is 33.5 Å². The minimum atomic E-state index is -1.05. The number of aliphatic hydroxyl groups is 1. The number of rotatable bonds is 20. The molecule has 0 aromatic heterocycles. The molecule has 70 heavy (non-hydrogen) atoms. The summed E-state index contributed by atoms with van der Waals surface area (Å²) in [7, 11) is 1.50. The highest BCUT2D eigenvalue weighted by Crippen LogP contribution is 2.41. The molecule has 4 aromatic carbocycles. The summed E-state index contributed by atoms with van der Waals surface area (Å²) in [5, 5.41) is 22.4. The van der Waals surface area contributed by atoms with Crippen molar-refractivity contribution < 1.29 is 48.4 Å². The van der Waals surface area contributed by atoms with Crippen molar-refractivity contribution in [3.63, 3.8) is 0 Å². The van der Waals surface area contributed by atoms with E-state index < -0.39 is 23.7 Å². The first kappa shape index (κ1) is 49.0. The van der Waals surface area contributed by atoms with Gasteiger partial charge in [0.2, 0.25) is 5.91 Å². The number of carbonyl (C=O) groups is 5. The Bertz CT molecular complexity index is 2800. The molecule has 0 radical (unpaired) electrons. The second-order valence-electron chi connectivity index (χ2n) is 18.4. The number of methoxy groups -OCH3 is 1. The Labute approximate surface area is 406 Å². The van der Waals surface area contributed by atoms with Crippen LogP contribution in [-0.2, 0) is 21.0 Å². The second-order valence-corrected chi connectivity index (χ2v) is 18.4. The van der Waals surface area contributed by atoms with Crippen LogP contribution in [0.4, 0.5) is 17.1 Å². The fourth-order valence-electron chi connectivity index (χ4n) is 9.19. The molecule has 4 aromatic rings. The van der Waals surface area contributed by atoms with Crippen molar-refractivity contribution in [3.05, 3.63) is 119 Å². The number of nitrogens with one attached hydrogen (secondary N) is 1. The van der Waals surface area contributed by atoms with E-state index in [9.17, 15) is 34.2 Å². The molecule has 0 bridgehead atoms. The van der Waals surface area contributed by atoms with E-state index in [-0.39, 0.29) is 81.2 Å². The number of ether oxygens (including phenoxy) is 3. The van der Waals surface area contributed by atoms with Gasteiger partial charge in [0.15, 0.2) is 11.5 Å². The minimum Gasteiger partial charge on any atom is -0.493 e. The predicted molar refractivity (Wildman–Crippen MR) is 266 cm³/mol. The normalized spacial score (nSPS) is 17.6. The summed E-state index contributed by atoms with van der Waals surface area (Å²) in [6.45, 7) is 6.10. The molecule has 4 heterocycles. The summed E-state index contributed by atoms with van der Waals surface area (Å²) >= 11 is 0. The Morgan fingerprint density at radius 2 is 1.36 bits per heavy atom. The molecule has 5 N–H and O–H groups in total. The van der Waals surface area contributed by atoms with Gasteiger partial charge in [0.05, 0.1) is 61.5 Å². The fourth-order valence-corrected chi connectivity index (χ4v) is 9.19. The molecule has 8 rings (SSSR count). The lowest BCUT2D eigenvalue weighted by molar-refractivity contribution is -0.138. The molecule has 0 saturated heterocycles. The van der Waals surface area contributed by atoms with E-state index in [1.807, 2.05) is 39.1 Å². The zero-order chi connectivity index (χ0) is 49.6. The third kappa shape index (κ3) is 10.7. The van der Waals surface area contributed by atoms with E-state index >= 15 is 0 Å². The number of benzene rings is 4. The lowest BCUT2D eigenvalue weighted by atomic mass is 9.85. The number of anilines is 1. The molecule has 0 unspecified atom stereocenters. The van der Waals surface area contributed by atoms with E-state index in [2.05, 4.69) is 34.6 Å². The zero-order valence-corrected chi connectivity index (χ0v) is 39.7. The first-order valence-corrected chi connectivity index (χ1v) is 23.6. The maximum atomic E-state index is 14.0. The van der Waals surface area contributed by atoms with Crippen LogP contribution in [0, 0.1) is 24.7 Å². The van der Waals surface area contributed by atoms with E-state index in [4.69, 9.17) is 24.9 Å². The Morgan fingerprint density at radius 1 is 0.800 bits per heavy atom. The van der Waals surface area contributed by atoms with Crippen LogP contribution in [0.15, 0.2) is 95.2 Å². The number of aryl methyl sites for hydroxylation is 1. The van der Waals surface area contributed by atoms with Gasteiger partial charge in [-0.15, -0.1) is 0 Å². The Balaban J connectivity index is 0.869. The fraction of sp³-hybridized carbons (Fsp3) is 0.352. The first-order valence-electron chi connectivity index (χ1n) is 23.6. The van der Waals surface area contributed by atoms with Gasteiger partial charge in [0, 0.05) is 98.7 Å². The summed E-state index contributed by atoms with van der Waals surface area (Å²) in [6.07, 6.45) is 8.47. The molecule has 16 nitrogen and oxygen atoms in total. The Kier molecular flexibility index (Phi) is 15.0. The number of aliphatic carboxylic acids is 1. The van der Waals surface area contributed by atoms with Crippen molar-refractivity contribution in [3.8, 4) is 17.2 Å². The summed E-state index contributed by atoms with van der Waals surface area (Å²) < 4.78 is 17.9. The van der Waals surface area contributed by atoms with Gasteiger partial charge in [-0.05, 0) is 65.8 Å². The van der Waals surface area contributed by atoms with Gasteiger partial charge in [0.25, 0.3) is 11.8 Å². The van der Waals surface area contributed by atoms with Crippen LogP contribution >= 0.6 is 0 Å². The number of fused-ring (bicyclic) bond motifs is 4. The third-order valence-corrected chi connectivity index (χ3v) is 13.2. The maximum Gasteiger partial charge on any atom is 0.303 e. The molecule has 16 heteroatoms. The largest absolute Gasteiger partial charge is 0.493 e. The van der Waals surface area contributed by atoms with Gasteiger partial charge < -0.3 is 45.3 Å². The van der Waals surface area contributed by atoms with Crippen LogP contribution in [-0.4, -0.2) is 101 Å². The molecule has 4 aliphatic heterocycles. The van der Waals surface area contributed by atoms with Crippen molar-refractivity contribution in [2.45, 2.75) is 78.0 Å². The highest BCUT2D eigenvalue weighted by molar-refractivity contribution is 6.06. The van der Waals surface area contributed by atoms with E-state index in [1.54, 1.807) is 64.8 Å². The van der Waals surface area contributed by atoms with Crippen molar-refractivity contribution in [2.75, 3.05) is 32.2 Å². The highest BCUT2D eigenvalue weighted by atomic mass is 16.5. The first-order chi connectivity index (χ1) is 33.7. The van der Waals surface area contributed by atoms with Gasteiger partial charge in [0.1, 0.15) is 11.5 Å². The molecule has 0 fully saturated rings. The van der Waals surface area contributed by atoms with Gasteiger partial charge in [-0.3, -0.25) is 34.0 Å². The number of aliphatic hydroxyl groups excluding tert-OH is 1. The molecule has 3 amide bonds. The number of ketones is 1. The van der Waals surface area contributed by atoms with Crippen LogP contribution in [0.2, 0.25) is 0 Å². The van der Waals surface area contributed by atoms with Gasteiger partial charge in [-0.25, -0.2) is 0 Å². The van der Waals surface area contributed by atoms with Crippen LogP contribution in [0.3, 0.4) is 0 Å². The highest BCUT2D eigenvalue weighted by Gasteiger charge is 2.35. The number of carboxylic acid groups (broad SMARTS) is 1. The lowest BCUT2D eigenvalue weighted by Gasteiger charge is -2.21. The average Bonchev–Trinajstić information content (AvgIpc) is 3.93. The Morgan fingerprint density at radius 3 is 1.90 bits per heavy atom. The van der Waals surface area contributed by atoms with E-state index in [0.29, 0.717) is 70.3 Å². The van der Waals surface area contributed by atoms with Gasteiger partial charge in [-0.1, -0.05) is 55.8 Å². The van der Waals surface area contributed by atoms with Gasteiger partial charge >= 0.3 is 5.97 Å². The molecular weight excluding hydrogens is 893 g/mol. The molecule has 0 spiro atoms. The van der Waals surface area contributed by atoms with Gasteiger partial charge in [-0.2, -0.15) is 0 Å². The molecule has 4 atom stereocenters. The molecule has 4 aliphatic rings. The monoisotopic (exact) mass is 950 g/mol. The number of amides is 3. The number of hydrogen-bond donors (Lipinski definition) is 4. The van der Waals surface area contributed by atoms with E-state index in [0.717, 1.165) is 27.8 Å². The van der Waals surface area contributed by atoms with Crippen LogP contribution < -0.4 is 25.3 Å². The lowest BCUT2D eigenvalue weighted by Crippen LogP contribution is -2.33. The minimum absolute atomic E-state index is 0.00931. The summed E-state index contributed by atoms with van der Waals surface area (Å²) in [4.78, 5) is 78.3. The maximum absolute atomic E-state index is 14.0. The SMILES string of the molecule is COc1cc2c(cc1OCCCOc1cc3c(cc1CO)C(=O)N1C=C(c4ccc(C)cc4)C[C@H]1C=N3)N=C[C@@H]1CC(c3ccc(NC(=O)[C@H](CCC(=O)O)CC(=O)[C@@H](CN)C(C)C)cc3)=CN1C2=O. The number of Topliss-reactive ketones (excluding diaryl/α,β-unsaturated/α-hetero) is 1. The topological polar surface area (TPSA) is 223 Å². The smallest absolute Gasteiger partial charge is 0.303 e. The quantitative estimate of drug-likeness (QED) is 0.0624. The summed E-state index contributed by atoms with van der Waals surface area (Å²) in [5.41, 5.74) is 13.4. The summed E-state index contributed by atoms with van der Waals surface area (Å²) in [6, 6.07) is 21.4. The number of nitrogens with zero attached hydrogens (tertiary/aromatic N) is 4. The number of aliphatic imine (C=N–C) groups is 2. The standard InChI is InChI=1S/C54H58N6O10/c1-31(2)44(25-55)47(62)21-35(12-15-51(63)64)52(65)58-39-13-10-34(11-14-39)37-19-41-27-57-46-24-50(49(68-4)22-43(46)54(67)60(41)29-37)70-17-5-16-69-48-23-45-42(20-38(48)30-61)53(66)59-28-36(18-40(59)26-56-45)33-8-6-32(3)7-9-33/h6-11,13-14,20,22-24,26-29,31,35,40-41,44,61H,5,12,15-19,21,25,30,55H2,1-4H3,(H,58,65)(H,63,64)/t35-,40+,41+,44+/m1/s1. The van der Waals surface area contributed by atoms with E-state index in [1.165, 1.54) is 7.11 Å². The predicted octanol–water partition coefficient (Wildman–Crippen LogP) is 7.90. The zero-order valence-electron chi connectivity index (χ0n) is 39.7. The average molecular weight is 951 g/mol. The summed E-state index contributed by atoms with van der Waals surface area (Å²) in [5.74, 6) is -2.18. The van der Waals surface area contributed by atoms with Crippen molar-refractivity contribution >= 4 is 70.1 Å². The van der Waals surface area contributed by atoms with Crippen molar-refractivity contribution in [1.82, 2.24) is 9.80 Å². The van der Waals surface area contributed by atoms with Crippen LogP contribution in [0.5, 0.6) is 17.2 Å². The van der Waals surface area contributed by atoms with Crippen molar-refractivity contribution in [1.29, 1.82) is 0 Å². The Hall–Kier alpha value is -7.43. The number of nitrogens with two attached hydrogens (primary N) is 1. The molecular formula is C54H58N6O10.